The Hall–Kier alpha value is -2.57. The number of primary amides is 1. The lowest BCUT2D eigenvalue weighted by Crippen LogP contribution is -2.32. The first-order valence-corrected chi connectivity index (χ1v) is 6.33. The Morgan fingerprint density at radius 3 is 3.00 bits per heavy atom. The van der Waals surface area contributed by atoms with E-state index in [2.05, 4.69) is 5.10 Å². The van der Waals surface area contributed by atoms with Gasteiger partial charge in [0.2, 0.25) is 0 Å². The van der Waals surface area contributed by atoms with E-state index >= 15 is 0 Å². The van der Waals surface area contributed by atoms with Crippen LogP contribution in [0.5, 0.6) is 0 Å². The largest absolute Gasteiger partial charge is 0.434 e. The van der Waals surface area contributed by atoms with E-state index in [0.717, 1.165) is 17.4 Å². The normalized spacial score (nSPS) is 18.6. The Bertz CT molecular complexity index is 694. The Kier molecular flexibility index (Phi) is 2.81. The lowest BCUT2D eigenvalue weighted by Gasteiger charge is -2.12. The Morgan fingerprint density at radius 1 is 1.55 bits per heavy atom. The van der Waals surface area contributed by atoms with Crippen LogP contribution in [0.25, 0.3) is 10.9 Å². The molecule has 0 spiro atoms. The first kappa shape index (κ1) is 12.5. The second-order valence-corrected chi connectivity index (χ2v) is 4.59. The van der Waals surface area contributed by atoms with Crippen molar-refractivity contribution >= 4 is 28.6 Å². The van der Waals surface area contributed by atoms with Gasteiger partial charge in [-0.2, -0.15) is 5.10 Å². The first-order chi connectivity index (χ1) is 9.60. The maximum absolute atomic E-state index is 11.8. The zero-order valence-corrected chi connectivity index (χ0v) is 10.9. The Morgan fingerprint density at radius 2 is 2.35 bits per heavy atom. The summed E-state index contributed by atoms with van der Waals surface area (Å²) < 4.78 is 6.79. The highest BCUT2D eigenvalue weighted by atomic mass is 16.6. The average Bonchev–Trinajstić information content (AvgIpc) is 3.01. The van der Waals surface area contributed by atoms with E-state index in [1.165, 1.54) is 4.90 Å². The van der Waals surface area contributed by atoms with Crippen LogP contribution in [-0.2, 0) is 16.1 Å². The smallest absolute Gasteiger partial charge is 0.415 e. The first-order valence-electron chi connectivity index (χ1n) is 6.33. The second-order valence-electron chi connectivity index (χ2n) is 4.59. The molecule has 1 aliphatic rings. The number of ether oxygens (including phenoxy) is 1. The predicted molar refractivity (Wildman–Crippen MR) is 72.2 cm³/mol. The number of amides is 2. The third kappa shape index (κ3) is 1.87. The molecule has 0 radical (unpaired) electrons. The molecule has 0 bridgehead atoms. The molecule has 1 aromatic heterocycles. The van der Waals surface area contributed by atoms with Crippen LogP contribution in [0.3, 0.4) is 0 Å². The third-order valence-corrected chi connectivity index (χ3v) is 3.37. The molecule has 1 aromatic carbocycles. The van der Waals surface area contributed by atoms with Gasteiger partial charge in [-0.1, -0.05) is 0 Å². The summed E-state index contributed by atoms with van der Waals surface area (Å²) in [5.74, 6) is -0.638. The van der Waals surface area contributed by atoms with Crippen LogP contribution in [0.15, 0.2) is 24.4 Å². The zero-order chi connectivity index (χ0) is 14.3. The minimum Gasteiger partial charge on any atom is -0.434 e. The molecule has 2 heterocycles. The topological polar surface area (TPSA) is 90.5 Å². The lowest BCUT2D eigenvalue weighted by atomic mass is 10.2. The number of carbonyl (C=O) groups excluding carboxylic acids is 2. The van der Waals surface area contributed by atoms with Gasteiger partial charge in [0.1, 0.15) is 0 Å². The van der Waals surface area contributed by atoms with Crippen LogP contribution in [0.2, 0.25) is 0 Å². The minimum atomic E-state index is -0.892. The molecule has 3 rings (SSSR count). The molecule has 104 valence electrons. The predicted octanol–water partition coefficient (Wildman–Crippen LogP) is 0.867. The second kappa shape index (κ2) is 4.52. The van der Waals surface area contributed by atoms with Gasteiger partial charge in [0.15, 0.2) is 6.10 Å². The zero-order valence-electron chi connectivity index (χ0n) is 10.9. The summed E-state index contributed by atoms with van der Waals surface area (Å²) in [4.78, 5) is 24.2. The number of hydrogen-bond acceptors (Lipinski definition) is 4. The molecule has 7 nitrogen and oxygen atoms in total. The fraction of sp³-hybridized carbons (Fsp3) is 0.308. The van der Waals surface area contributed by atoms with E-state index in [1.54, 1.807) is 12.3 Å². The van der Waals surface area contributed by atoms with Crippen LogP contribution < -0.4 is 10.6 Å². The van der Waals surface area contributed by atoms with Crippen molar-refractivity contribution in [3.05, 3.63) is 24.4 Å². The fourth-order valence-corrected chi connectivity index (χ4v) is 2.32. The molecule has 1 unspecified atom stereocenters. The highest BCUT2D eigenvalue weighted by Crippen LogP contribution is 2.25. The summed E-state index contributed by atoms with van der Waals surface area (Å²) in [6, 6.07) is 5.55. The van der Waals surface area contributed by atoms with Gasteiger partial charge in [-0.15, -0.1) is 0 Å². The molecule has 1 atom stereocenters. The molecule has 2 aromatic rings. The van der Waals surface area contributed by atoms with Crippen LogP contribution in [-0.4, -0.2) is 34.4 Å². The van der Waals surface area contributed by atoms with Gasteiger partial charge in [-0.25, -0.2) is 4.79 Å². The van der Waals surface area contributed by atoms with Crippen molar-refractivity contribution in [2.45, 2.75) is 19.6 Å². The number of anilines is 1. The summed E-state index contributed by atoms with van der Waals surface area (Å²) in [5, 5.41) is 5.18. The van der Waals surface area contributed by atoms with Gasteiger partial charge in [0.05, 0.1) is 18.3 Å². The van der Waals surface area contributed by atoms with Crippen LogP contribution in [0, 0.1) is 0 Å². The molecule has 0 saturated carbocycles. The number of benzene rings is 1. The van der Waals surface area contributed by atoms with Crippen molar-refractivity contribution in [2.24, 2.45) is 5.73 Å². The van der Waals surface area contributed by atoms with E-state index in [1.807, 2.05) is 23.7 Å². The van der Waals surface area contributed by atoms with E-state index < -0.39 is 18.1 Å². The van der Waals surface area contributed by atoms with Crippen molar-refractivity contribution in [1.29, 1.82) is 0 Å². The standard InChI is InChI=1S/C13H14N4O3/c1-2-17-10-4-3-9(5-8(10)6-15-17)16-7-11(12(14)18)20-13(16)19/h3-6,11H,2,7H2,1H3,(H2,14,18). The molecule has 1 aliphatic heterocycles. The molecule has 1 saturated heterocycles. The number of aryl methyl sites for hydroxylation is 1. The monoisotopic (exact) mass is 274 g/mol. The van der Waals surface area contributed by atoms with Gasteiger partial charge in [0.25, 0.3) is 5.91 Å². The van der Waals surface area contributed by atoms with Crippen LogP contribution in [0.4, 0.5) is 10.5 Å². The molecule has 0 aliphatic carbocycles. The van der Waals surface area contributed by atoms with Gasteiger partial charge in [-0.05, 0) is 25.1 Å². The molecule has 7 heteroatoms. The number of fused-ring (bicyclic) bond motifs is 1. The van der Waals surface area contributed by atoms with Crippen molar-refractivity contribution in [3.8, 4) is 0 Å². The van der Waals surface area contributed by atoms with Crippen LogP contribution >= 0.6 is 0 Å². The molecule has 20 heavy (non-hydrogen) atoms. The number of nitrogens with zero attached hydrogens (tertiary/aromatic N) is 3. The summed E-state index contributed by atoms with van der Waals surface area (Å²) in [5.41, 5.74) is 6.82. The minimum absolute atomic E-state index is 0.140. The summed E-state index contributed by atoms with van der Waals surface area (Å²) in [6.45, 7) is 2.93. The van der Waals surface area contributed by atoms with E-state index in [-0.39, 0.29) is 6.54 Å². The molecule has 1 fully saturated rings. The molecular formula is C13H14N4O3. The van der Waals surface area contributed by atoms with E-state index in [0.29, 0.717) is 5.69 Å². The van der Waals surface area contributed by atoms with Gasteiger partial charge >= 0.3 is 6.09 Å². The van der Waals surface area contributed by atoms with E-state index in [4.69, 9.17) is 10.5 Å². The van der Waals surface area contributed by atoms with Gasteiger partial charge in [0, 0.05) is 17.6 Å². The van der Waals surface area contributed by atoms with Crippen molar-refractivity contribution in [2.75, 3.05) is 11.4 Å². The number of cyclic esters (lactones) is 1. The number of hydrogen-bond donors (Lipinski definition) is 1. The van der Waals surface area contributed by atoms with Crippen molar-refractivity contribution in [1.82, 2.24) is 9.78 Å². The maximum Gasteiger partial charge on any atom is 0.415 e. The quantitative estimate of drug-likeness (QED) is 0.899. The van der Waals surface area contributed by atoms with Crippen LogP contribution in [0.1, 0.15) is 6.92 Å². The van der Waals surface area contributed by atoms with Crippen molar-refractivity contribution < 1.29 is 14.3 Å². The van der Waals surface area contributed by atoms with E-state index in [9.17, 15) is 9.59 Å². The van der Waals surface area contributed by atoms with Gasteiger partial charge < -0.3 is 10.5 Å². The summed E-state index contributed by atoms with van der Waals surface area (Å²) >= 11 is 0. The highest BCUT2D eigenvalue weighted by Gasteiger charge is 2.35. The Balaban J connectivity index is 1.95. The summed E-state index contributed by atoms with van der Waals surface area (Å²) in [6.07, 6.45) is 0.294. The number of rotatable bonds is 3. The highest BCUT2D eigenvalue weighted by molar-refractivity contribution is 5.97. The molecule has 2 N–H and O–H groups in total. The number of aromatic nitrogens is 2. The average molecular weight is 274 g/mol. The fourth-order valence-electron chi connectivity index (χ4n) is 2.32. The third-order valence-electron chi connectivity index (χ3n) is 3.37. The SMILES string of the molecule is CCn1ncc2cc(N3CC(C(N)=O)OC3=O)ccc21. The Labute approximate surface area is 114 Å². The maximum atomic E-state index is 11.8. The van der Waals surface area contributed by atoms with Crippen molar-refractivity contribution in [3.63, 3.8) is 0 Å². The molecule has 2 amide bonds. The van der Waals surface area contributed by atoms with Gasteiger partial charge in [-0.3, -0.25) is 14.4 Å². The lowest BCUT2D eigenvalue weighted by molar-refractivity contribution is -0.124. The number of carbonyl (C=O) groups is 2. The number of nitrogens with two attached hydrogens (primary N) is 1. The summed E-state index contributed by atoms with van der Waals surface area (Å²) in [7, 11) is 0. The molecular weight excluding hydrogens is 260 g/mol.